The van der Waals surface area contributed by atoms with Crippen LogP contribution in [-0.4, -0.2) is 27.5 Å². The highest BCUT2D eigenvalue weighted by Crippen LogP contribution is 2.38. The summed E-state index contributed by atoms with van der Waals surface area (Å²) < 4.78 is 19.1. The Labute approximate surface area is 229 Å². The molecule has 0 aliphatic carbocycles. The summed E-state index contributed by atoms with van der Waals surface area (Å²) >= 11 is 6.73. The minimum Gasteiger partial charge on any atom is -0.480 e. The van der Waals surface area contributed by atoms with Gasteiger partial charge in [0.25, 0.3) is 0 Å². The number of nitrogens with zero attached hydrogens (tertiary/aromatic N) is 4. The summed E-state index contributed by atoms with van der Waals surface area (Å²) in [6.45, 7) is 2.08. The molecule has 2 aromatic heterocycles. The molecule has 0 spiro atoms. The van der Waals surface area contributed by atoms with Gasteiger partial charge in [0.2, 0.25) is 5.88 Å². The highest BCUT2D eigenvalue weighted by Gasteiger charge is 2.24. The van der Waals surface area contributed by atoms with Gasteiger partial charge in [-0.15, -0.1) is 5.10 Å². The normalized spacial score (nSPS) is 12.5. The predicted molar refractivity (Wildman–Crippen MR) is 149 cm³/mol. The first-order valence-electron chi connectivity index (χ1n) is 12.3. The number of H-pyrrole nitrogens is 1. The molecule has 0 radical (unpaired) electrons. The second-order valence-electron chi connectivity index (χ2n) is 8.89. The van der Waals surface area contributed by atoms with Crippen molar-refractivity contribution in [2.24, 2.45) is 0 Å². The van der Waals surface area contributed by atoms with Gasteiger partial charge in [-0.1, -0.05) is 66.2 Å². The van der Waals surface area contributed by atoms with Crippen LogP contribution >= 0.6 is 11.6 Å². The molecule has 3 N–H and O–H groups in total. The van der Waals surface area contributed by atoms with Crippen molar-refractivity contribution in [1.29, 1.82) is 5.26 Å². The molecule has 0 fully saturated rings. The highest BCUT2D eigenvalue weighted by atomic mass is 35.5. The largest absolute Gasteiger partial charge is 0.480 e. The number of pyridine rings is 1. The molecule has 1 unspecified atom stereocenters. The Hall–Kier alpha value is -4.68. The number of aromatic amines is 1. The second-order valence-corrected chi connectivity index (χ2v) is 9.30. The van der Waals surface area contributed by atoms with Gasteiger partial charge in [-0.3, -0.25) is 4.98 Å². The van der Waals surface area contributed by atoms with Crippen molar-refractivity contribution in [2.75, 3.05) is 17.7 Å². The quantitative estimate of drug-likeness (QED) is 0.188. The molecule has 2 heterocycles. The van der Waals surface area contributed by atoms with Crippen molar-refractivity contribution >= 4 is 33.9 Å². The number of methoxy groups -OCH3 is 1. The molecule has 8 nitrogen and oxygen atoms in total. The number of nitriles is 1. The molecule has 0 saturated heterocycles. The molecule has 0 amide bonds. The SMILES string of the molecule is CC[C@@H](Nc1c(C#N)cnc2c(Cl)cc(NC(c3ccc(F)cc3)c3nn[nH]c3OC)cc12)c1ccccc1. The zero-order chi connectivity index (χ0) is 27.4. The molecular formula is C29H25ClFN7O. The number of halogens is 2. The van der Waals surface area contributed by atoms with Gasteiger partial charge in [-0.2, -0.15) is 5.26 Å². The van der Waals surface area contributed by atoms with Crippen molar-refractivity contribution in [1.82, 2.24) is 20.4 Å². The third kappa shape index (κ3) is 5.33. The van der Waals surface area contributed by atoms with E-state index in [-0.39, 0.29) is 11.9 Å². The fourth-order valence-corrected chi connectivity index (χ4v) is 4.83. The molecule has 2 atom stereocenters. The molecule has 0 aliphatic rings. The lowest BCUT2D eigenvalue weighted by molar-refractivity contribution is 0.391. The number of aromatic nitrogens is 4. The minimum absolute atomic E-state index is 0.0364. The van der Waals surface area contributed by atoms with E-state index in [4.69, 9.17) is 16.3 Å². The lowest BCUT2D eigenvalue weighted by atomic mass is 10.0. The third-order valence-electron chi connectivity index (χ3n) is 6.51. The molecule has 3 aromatic carbocycles. The van der Waals surface area contributed by atoms with E-state index in [9.17, 15) is 9.65 Å². The topological polar surface area (TPSA) is 112 Å². The Kier molecular flexibility index (Phi) is 7.57. The third-order valence-corrected chi connectivity index (χ3v) is 6.80. The number of hydrogen-bond acceptors (Lipinski definition) is 7. The summed E-state index contributed by atoms with van der Waals surface area (Å²) in [6, 6.07) is 21.4. The maximum Gasteiger partial charge on any atom is 0.235 e. The van der Waals surface area contributed by atoms with E-state index in [1.54, 1.807) is 18.2 Å². The molecule has 0 saturated carbocycles. The Morgan fingerprint density at radius 2 is 1.85 bits per heavy atom. The Balaban J connectivity index is 1.61. The first kappa shape index (κ1) is 25.9. The van der Waals surface area contributed by atoms with Crippen molar-refractivity contribution in [3.63, 3.8) is 0 Å². The number of anilines is 2. The fraction of sp³-hybridized carbons (Fsp3) is 0.172. The average Bonchev–Trinajstić information content (AvgIpc) is 3.44. The highest BCUT2D eigenvalue weighted by molar-refractivity contribution is 6.35. The first-order chi connectivity index (χ1) is 19.0. The number of ether oxygens (including phenoxy) is 1. The van der Waals surface area contributed by atoms with Crippen LogP contribution in [0.5, 0.6) is 5.88 Å². The van der Waals surface area contributed by atoms with Gasteiger partial charge in [0, 0.05) is 17.3 Å². The van der Waals surface area contributed by atoms with Crippen LogP contribution in [-0.2, 0) is 0 Å². The van der Waals surface area contributed by atoms with Crippen molar-refractivity contribution in [3.8, 4) is 11.9 Å². The molecule has 39 heavy (non-hydrogen) atoms. The standard InChI is InChI=1S/C29H25ClFN7O/c1-3-24(17-7-5-4-6-8-17)35-25-19(15-32)16-33-27-22(25)13-21(14-23(27)30)34-26(18-9-11-20(31)12-10-18)28-29(39-2)37-38-36-28/h4-14,16,24,26,34H,3H2,1-2H3,(H,33,35)(H,36,37,38)/t24-,26?/m1/s1. The number of nitrogens with one attached hydrogen (secondary N) is 3. The lowest BCUT2D eigenvalue weighted by Crippen LogP contribution is -2.14. The van der Waals surface area contributed by atoms with Crippen LogP contribution in [0, 0.1) is 17.1 Å². The Morgan fingerprint density at radius 3 is 2.54 bits per heavy atom. The van der Waals surface area contributed by atoms with E-state index in [2.05, 4.69) is 56.2 Å². The van der Waals surface area contributed by atoms with E-state index >= 15 is 0 Å². The zero-order valence-electron chi connectivity index (χ0n) is 21.2. The van der Waals surface area contributed by atoms with Crippen LogP contribution in [0.25, 0.3) is 10.9 Å². The van der Waals surface area contributed by atoms with Crippen LogP contribution in [0.4, 0.5) is 15.8 Å². The van der Waals surface area contributed by atoms with Gasteiger partial charge in [0.1, 0.15) is 17.9 Å². The molecular weight excluding hydrogens is 517 g/mol. The second kappa shape index (κ2) is 11.4. The summed E-state index contributed by atoms with van der Waals surface area (Å²) in [5, 5.41) is 28.8. The number of rotatable bonds is 9. The Morgan fingerprint density at radius 1 is 1.08 bits per heavy atom. The maximum atomic E-state index is 13.7. The predicted octanol–water partition coefficient (Wildman–Crippen LogP) is 6.79. The van der Waals surface area contributed by atoms with Crippen LogP contribution in [0.15, 0.2) is 72.9 Å². The van der Waals surface area contributed by atoms with Crippen molar-refractivity contribution < 1.29 is 9.13 Å². The van der Waals surface area contributed by atoms with Gasteiger partial charge in [0.05, 0.1) is 34.9 Å². The average molecular weight is 542 g/mol. The van der Waals surface area contributed by atoms with Gasteiger partial charge in [-0.25, -0.2) is 9.49 Å². The smallest absolute Gasteiger partial charge is 0.235 e. The van der Waals surface area contributed by atoms with Crippen molar-refractivity contribution in [3.05, 3.63) is 106 Å². The summed E-state index contributed by atoms with van der Waals surface area (Å²) in [7, 11) is 1.51. The van der Waals surface area contributed by atoms with E-state index in [0.29, 0.717) is 44.4 Å². The number of benzene rings is 3. The lowest BCUT2D eigenvalue weighted by Gasteiger charge is -2.23. The summed E-state index contributed by atoms with van der Waals surface area (Å²) in [4.78, 5) is 4.47. The minimum atomic E-state index is -0.552. The fourth-order valence-electron chi connectivity index (χ4n) is 4.56. The van der Waals surface area contributed by atoms with Crippen LogP contribution in [0.2, 0.25) is 5.02 Å². The maximum absolute atomic E-state index is 13.7. The number of fused-ring (bicyclic) bond motifs is 1. The summed E-state index contributed by atoms with van der Waals surface area (Å²) in [5.41, 5.74) is 4.56. The monoisotopic (exact) mass is 541 g/mol. The Bertz CT molecular complexity index is 1630. The van der Waals surface area contributed by atoms with E-state index in [1.165, 1.54) is 25.4 Å². The molecule has 196 valence electrons. The van der Waals surface area contributed by atoms with Gasteiger partial charge in [-0.05, 0) is 41.8 Å². The summed E-state index contributed by atoms with van der Waals surface area (Å²) in [5.74, 6) is 0.0150. The van der Waals surface area contributed by atoms with Crippen LogP contribution < -0.4 is 15.4 Å². The molecule has 5 aromatic rings. The molecule has 5 rings (SSSR count). The van der Waals surface area contributed by atoms with E-state index in [1.807, 2.05) is 24.3 Å². The molecule has 10 heteroatoms. The van der Waals surface area contributed by atoms with Gasteiger partial charge < -0.3 is 15.4 Å². The number of hydrogen-bond donors (Lipinski definition) is 3. The van der Waals surface area contributed by atoms with Crippen LogP contribution in [0.1, 0.15) is 47.8 Å². The first-order valence-corrected chi connectivity index (χ1v) is 12.7. The molecule has 0 bridgehead atoms. The summed E-state index contributed by atoms with van der Waals surface area (Å²) in [6.07, 6.45) is 2.33. The zero-order valence-corrected chi connectivity index (χ0v) is 22.0. The van der Waals surface area contributed by atoms with Crippen LogP contribution in [0.3, 0.4) is 0 Å². The van der Waals surface area contributed by atoms with Gasteiger partial charge >= 0.3 is 0 Å². The van der Waals surface area contributed by atoms with E-state index in [0.717, 1.165) is 17.5 Å². The van der Waals surface area contributed by atoms with Gasteiger partial charge in [0.15, 0.2) is 5.69 Å². The van der Waals surface area contributed by atoms with E-state index < -0.39 is 6.04 Å². The van der Waals surface area contributed by atoms with Crippen molar-refractivity contribution in [2.45, 2.75) is 25.4 Å². The molecule has 0 aliphatic heterocycles.